The van der Waals surface area contributed by atoms with Crippen molar-refractivity contribution in [2.24, 2.45) is 5.92 Å². The fourth-order valence-electron chi connectivity index (χ4n) is 2.91. The lowest BCUT2D eigenvalue weighted by Crippen LogP contribution is -2.30. The van der Waals surface area contributed by atoms with Crippen LogP contribution in [-0.2, 0) is 9.84 Å². The molecule has 112 valence electrons. The Morgan fingerprint density at radius 1 is 1.30 bits per heavy atom. The molecule has 2 unspecified atom stereocenters. The summed E-state index contributed by atoms with van der Waals surface area (Å²) in [4.78, 5) is -0.405. The van der Waals surface area contributed by atoms with E-state index in [2.05, 4.69) is 5.32 Å². The molecule has 0 aliphatic heterocycles. The van der Waals surface area contributed by atoms with Crippen molar-refractivity contribution in [1.29, 1.82) is 0 Å². The summed E-state index contributed by atoms with van der Waals surface area (Å²) in [7, 11) is -1.82. The standard InChI is InChI=1S/C14H19F2NO2S/c1-17-13-4-2-3-10(13)7-8-20(18,19)14-6-5-11(15)9-12(14)16/h5-6,9-10,13,17H,2-4,7-8H2,1H3. The Hall–Kier alpha value is -1.01. The van der Waals surface area contributed by atoms with Gasteiger partial charge in [0.1, 0.15) is 16.5 Å². The third-order valence-electron chi connectivity index (χ3n) is 4.02. The lowest BCUT2D eigenvalue weighted by molar-refractivity contribution is 0.414. The molecule has 0 amide bonds. The topological polar surface area (TPSA) is 46.2 Å². The molecule has 0 radical (unpaired) electrons. The number of benzene rings is 1. The number of nitrogens with one attached hydrogen (secondary N) is 1. The van der Waals surface area contributed by atoms with E-state index in [4.69, 9.17) is 0 Å². The molecule has 3 nitrogen and oxygen atoms in total. The van der Waals surface area contributed by atoms with Gasteiger partial charge in [-0.3, -0.25) is 0 Å². The molecule has 1 aromatic carbocycles. The molecule has 20 heavy (non-hydrogen) atoms. The van der Waals surface area contributed by atoms with Crippen LogP contribution in [0.25, 0.3) is 0 Å². The van der Waals surface area contributed by atoms with Crippen LogP contribution in [0, 0.1) is 17.6 Å². The first kappa shape index (κ1) is 15.4. The molecule has 2 atom stereocenters. The Morgan fingerprint density at radius 3 is 2.70 bits per heavy atom. The highest BCUT2D eigenvalue weighted by molar-refractivity contribution is 7.91. The SMILES string of the molecule is CNC1CCCC1CCS(=O)(=O)c1ccc(F)cc1F. The summed E-state index contributed by atoms with van der Waals surface area (Å²) in [6.07, 6.45) is 3.63. The van der Waals surface area contributed by atoms with Crippen LogP contribution in [0.4, 0.5) is 8.78 Å². The van der Waals surface area contributed by atoms with Crippen LogP contribution < -0.4 is 5.32 Å². The zero-order chi connectivity index (χ0) is 14.8. The fraction of sp³-hybridized carbons (Fsp3) is 0.571. The van der Waals surface area contributed by atoms with Gasteiger partial charge in [-0.2, -0.15) is 0 Å². The Labute approximate surface area is 118 Å². The van der Waals surface area contributed by atoms with Crippen LogP contribution in [0.2, 0.25) is 0 Å². The third-order valence-corrected chi connectivity index (χ3v) is 5.79. The molecule has 1 aliphatic rings. The molecule has 0 heterocycles. The fourth-order valence-corrected chi connectivity index (χ4v) is 4.37. The largest absolute Gasteiger partial charge is 0.317 e. The molecule has 1 aromatic rings. The smallest absolute Gasteiger partial charge is 0.181 e. The van der Waals surface area contributed by atoms with Gasteiger partial charge in [-0.15, -0.1) is 0 Å². The monoisotopic (exact) mass is 303 g/mol. The van der Waals surface area contributed by atoms with Crippen molar-refractivity contribution in [3.8, 4) is 0 Å². The number of sulfone groups is 1. The van der Waals surface area contributed by atoms with Gasteiger partial charge < -0.3 is 5.32 Å². The second-order valence-corrected chi connectivity index (χ2v) is 7.35. The van der Waals surface area contributed by atoms with E-state index in [-0.39, 0.29) is 5.75 Å². The number of halogens is 2. The van der Waals surface area contributed by atoms with Gasteiger partial charge in [-0.05, 0) is 44.4 Å². The second-order valence-electron chi connectivity index (χ2n) is 5.27. The van der Waals surface area contributed by atoms with E-state index in [0.29, 0.717) is 24.4 Å². The van der Waals surface area contributed by atoms with E-state index >= 15 is 0 Å². The minimum atomic E-state index is -3.70. The third kappa shape index (κ3) is 3.35. The van der Waals surface area contributed by atoms with E-state index < -0.39 is 26.4 Å². The Morgan fingerprint density at radius 2 is 2.05 bits per heavy atom. The van der Waals surface area contributed by atoms with E-state index in [1.165, 1.54) is 0 Å². The first-order chi connectivity index (χ1) is 9.44. The molecular weight excluding hydrogens is 284 g/mol. The summed E-state index contributed by atoms with van der Waals surface area (Å²) in [5.74, 6) is -1.58. The van der Waals surface area contributed by atoms with Gasteiger partial charge in [0.2, 0.25) is 0 Å². The van der Waals surface area contributed by atoms with Crippen molar-refractivity contribution >= 4 is 9.84 Å². The summed E-state index contributed by atoms with van der Waals surface area (Å²) in [5, 5.41) is 3.19. The van der Waals surface area contributed by atoms with Crippen molar-refractivity contribution < 1.29 is 17.2 Å². The average Bonchev–Trinajstić information content (AvgIpc) is 2.83. The quantitative estimate of drug-likeness (QED) is 0.850. The molecule has 1 fully saturated rings. The lowest BCUT2D eigenvalue weighted by Gasteiger charge is -2.18. The number of rotatable bonds is 5. The molecule has 1 saturated carbocycles. The van der Waals surface area contributed by atoms with E-state index in [9.17, 15) is 17.2 Å². The summed E-state index contributed by atoms with van der Waals surface area (Å²) in [6, 6.07) is 2.92. The predicted octanol–water partition coefficient (Wildman–Crippen LogP) is 2.52. The Kier molecular flexibility index (Phi) is 4.75. The Bertz CT molecular complexity index is 575. The Balaban J connectivity index is 2.07. The van der Waals surface area contributed by atoms with Crippen molar-refractivity contribution in [2.75, 3.05) is 12.8 Å². The molecule has 1 N–H and O–H groups in total. The van der Waals surface area contributed by atoms with Crippen LogP contribution >= 0.6 is 0 Å². The first-order valence-corrected chi connectivity index (χ1v) is 8.44. The molecule has 0 aromatic heterocycles. The highest BCUT2D eigenvalue weighted by Crippen LogP contribution is 2.29. The zero-order valence-corrected chi connectivity index (χ0v) is 12.2. The molecule has 0 spiro atoms. The second kappa shape index (κ2) is 6.18. The first-order valence-electron chi connectivity index (χ1n) is 6.79. The molecule has 0 saturated heterocycles. The van der Waals surface area contributed by atoms with Crippen LogP contribution in [0.15, 0.2) is 23.1 Å². The van der Waals surface area contributed by atoms with Crippen LogP contribution in [0.5, 0.6) is 0 Å². The lowest BCUT2D eigenvalue weighted by atomic mass is 10.0. The van der Waals surface area contributed by atoms with E-state index in [1.54, 1.807) is 0 Å². The summed E-state index contributed by atoms with van der Waals surface area (Å²) in [5.41, 5.74) is 0. The predicted molar refractivity (Wildman–Crippen MR) is 73.2 cm³/mol. The van der Waals surface area contributed by atoms with Gasteiger partial charge in [0.05, 0.1) is 5.75 Å². The van der Waals surface area contributed by atoms with Crippen molar-refractivity contribution in [3.05, 3.63) is 29.8 Å². The van der Waals surface area contributed by atoms with Gasteiger partial charge >= 0.3 is 0 Å². The van der Waals surface area contributed by atoms with Crippen molar-refractivity contribution in [2.45, 2.75) is 36.6 Å². The minimum Gasteiger partial charge on any atom is -0.317 e. The number of hydrogen-bond acceptors (Lipinski definition) is 3. The van der Waals surface area contributed by atoms with Crippen LogP contribution in [0.1, 0.15) is 25.7 Å². The van der Waals surface area contributed by atoms with Crippen molar-refractivity contribution in [3.63, 3.8) is 0 Å². The maximum Gasteiger partial charge on any atom is 0.181 e. The zero-order valence-electron chi connectivity index (χ0n) is 11.4. The maximum atomic E-state index is 13.6. The van der Waals surface area contributed by atoms with Gasteiger partial charge in [0.15, 0.2) is 9.84 Å². The molecule has 1 aliphatic carbocycles. The van der Waals surface area contributed by atoms with Crippen molar-refractivity contribution in [1.82, 2.24) is 5.32 Å². The molecule has 2 rings (SSSR count). The molecule has 0 bridgehead atoms. The van der Waals surface area contributed by atoms with E-state index in [1.807, 2.05) is 7.05 Å². The highest BCUT2D eigenvalue weighted by atomic mass is 32.2. The summed E-state index contributed by atoms with van der Waals surface area (Å²) >= 11 is 0. The molecular formula is C14H19F2NO2S. The highest BCUT2D eigenvalue weighted by Gasteiger charge is 2.28. The van der Waals surface area contributed by atoms with Gasteiger partial charge in [0.25, 0.3) is 0 Å². The summed E-state index contributed by atoms with van der Waals surface area (Å²) < 4.78 is 50.6. The van der Waals surface area contributed by atoms with Gasteiger partial charge in [-0.25, -0.2) is 17.2 Å². The maximum absolute atomic E-state index is 13.6. The van der Waals surface area contributed by atoms with Crippen LogP contribution in [0.3, 0.4) is 0 Å². The molecule has 6 heteroatoms. The van der Waals surface area contributed by atoms with Gasteiger partial charge in [-0.1, -0.05) is 6.42 Å². The summed E-state index contributed by atoms with van der Waals surface area (Å²) in [6.45, 7) is 0. The average molecular weight is 303 g/mol. The minimum absolute atomic E-state index is 0.0988. The number of hydrogen-bond donors (Lipinski definition) is 1. The van der Waals surface area contributed by atoms with Crippen LogP contribution in [-0.4, -0.2) is 27.3 Å². The van der Waals surface area contributed by atoms with Gasteiger partial charge in [0, 0.05) is 12.1 Å². The normalized spacial score (nSPS) is 23.1. The van der Waals surface area contributed by atoms with E-state index in [0.717, 1.165) is 31.4 Å².